The van der Waals surface area contributed by atoms with Crippen LogP contribution in [-0.4, -0.2) is 25.2 Å². The second-order valence-corrected chi connectivity index (χ2v) is 5.87. The predicted molar refractivity (Wildman–Crippen MR) is 77.9 cm³/mol. The summed E-state index contributed by atoms with van der Waals surface area (Å²) >= 11 is 6.31. The van der Waals surface area contributed by atoms with Crippen molar-refractivity contribution in [2.45, 2.75) is 32.2 Å². The molecule has 1 aliphatic heterocycles. The van der Waals surface area contributed by atoms with Crippen LogP contribution >= 0.6 is 11.6 Å². The first-order valence-corrected chi connectivity index (χ1v) is 6.69. The minimum atomic E-state index is -0.410. The van der Waals surface area contributed by atoms with Crippen LogP contribution in [0, 0.1) is 0 Å². The van der Waals surface area contributed by atoms with Gasteiger partial charge in [0.15, 0.2) is 0 Å². The molecule has 0 bridgehead atoms. The summed E-state index contributed by atoms with van der Waals surface area (Å²) in [7, 11) is 1.36. The Morgan fingerprint density at radius 1 is 1.47 bits per heavy atom. The number of ether oxygens (including phenoxy) is 1. The highest BCUT2D eigenvalue weighted by molar-refractivity contribution is 6.34. The SMILES string of the molecule is COC(=O)c1cc(N)cc(Cl)c1N1CCCC1(C)C. The molecule has 1 aromatic rings. The molecule has 5 heteroatoms. The van der Waals surface area contributed by atoms with Crippen molar-refractivity contribution in [3.8, 4) is 0 Å². The van der Waals surface area contributed by atoms with E-state index in [1.165, 1.54) is 7.11 Å². The van der Waals surface area contributed by atoms with Gasteiger partial charge in [-0.15, -0.1) is 0 Å². The van der Waals surface area contributed by atoms with Crippen LogP contribution in [0.5, 0.6) is 0 Å². The van der Waals surface area contributed by atoms with Gasteiger partial charge in [0, 0.05) is 17.8 Å². The molecule has 104 valence electrons. The zero-order valence-corrected chi connectivity index (χ0v) is 12.3. The van der Waals surface area contributed by atoms with Crippen molar-refractivity contribution in [3.05, 3.63) is 22.7 Å². The van der Waals surface area contributed by atoms with E-state index in [1.807, 2.05) is 0 Å². The summed E-state index contributed by atoms with van der Waals surface area (Å²) in [6.45, 7) is 5.17. The lowest BCUT2D eigenvalue weighted by atomic mass is 10.0. The highest BCUT2D eigenvalue weighted by Crippen LogP contribution is 2.41. The van der Waals surface area contributed by atoms with Crippen LogP contribution in [0.25, 0.3) is 0 Å². The number of esters is 1. The number of nitrogens with two attached hydrogens (primary N) is 1. The fraction of sp³-hybridized carbons (Fsp3) is 0.500. The standard InChI is InChI=1S/C14H19ClN2O2/c1-14(2)5-4-6-17(14)12-10(13(18)19-3)7-9(16)8-11(12)15/h7-8H,4-6,16H2,1-3H3. The Hall–Kier alpha value is -1.42. The molecule has 0 amide bonds. The van der Waals surface area contributed by atoms with Gasteiger partial charge < -0.3 is 15.4 Å². The third-order valence-electron chi connectivity index (χ3n) is 3.66. The van der Waals surface area contributed by atoms with Gasteiger partial charge >= 0.3 is 5.97 Å². The summed E-state index contributed by atoms with van der Waals surface area (Å²) in [5.74, 6) is -0.410. The van der Waals surface area contributed by atoms with Crippen LogP contribution in [0.1, 0.15) is 37.0 Å². The average Bonchev–Trinajstić information content (AvgIpc) is 2.67. The third kappa shape index (κ3) is 2.50. The molecule has 4 nitrogen and oxygen atoms in total. The van der Waals surface area contributed by atoms with Crippen molar-refractivity contribution in [2.24, 2.45) is 0 Å². The van der Waals surface area contributed by atoms with E-state index in [-0.39, 0.29) is 5.54 Å². The molecule has 1 aromatic carbocycles. The van der Waals surface area contributed by atoms with E-state index >= 15 is 0 Å². The summed E-state index contributed by atoms with van der Waals surface area (Å²) in [5, 5.41) is 0.496. The topological polar surface area (TPSA) is 55.6 Å². The molecule has 1 fully saturated rings. The number of anilines is 2. The van der Waals surface area contributed by atoms with Gasteiger partial charge in [-0.25, -0.2) is 4.79 Å². The van der Waals surface area contributed by atoms with Gasteiger partial charge in [-0.2, -0.15) is 0 Å². The molecule has 19 heavy (non-hydrogen) atoms. The molecule has 0 spiro atoms. The Bertz CT molecular complexity index is 514. The predicted octanol–water partition coefficient (Wildman–Crippen LogP) is 3.09. The van der Waals surface area contributed by atoms with Crippen molar-refractivity contribution >= 4 is 28.9 Å². The Morgan fingerprint density at radius 2 is 2.16 bits per heavy atom. The van der Waals surface area contributed by atoms with E-state index in [1.54, 1.807) is 12.1 Å². The third-order valence-corrected chi connectivity index (χ3v) is 3.95. The van der Waals surface area contributed by atoms with E-state index in [9.17, 15) is 4.79 Å². The first kappa shape index (κ1) is 14.0. The van der Waals surface area contributed by atoms with Crippen molar-refractivity contribution in [2.75, 3.05) is 24.3 Å². The largest absolute Gasteiger partial charge is 0.465 e. The lowest BCUT2D eigenvalue weighted by molar-refractivity contribution is 0.0601. The van der Waals surface area contributed by atoms with E-state index in [0.717, 1.165) is 25.1 Å². The lowest BCUT2D eigenvalue weighted by Gasteiger charge is -2.35. The van der Waals surface area contributed by atoms with E-state index in [2.05, 4.69) is 18.7 Å². The van der Waals surface area contributed by atoms with Crippen LogP contribution in [0.4, 0.5) is 11.4 Å². The van der Waals surface area contributed by atoms with Gasteiger partial charge in [-0.1, -0.05) is 11.6 Å². The van der Waals surface area contributed by atoms with Crippen LogP contribution in [0.2, 0.25) is 5.02 Å². The van der Waals surface area contributed by atoms with Gasteiger partial charge in [0.1, 0.15) is 0 Å². The molecule has 1 saturated heterocycles. The number of carbonyl (C=O) groups excluding carboxylic acids is 1. The number of hydrogen-bond donors (Lipinski definition) is 1. The minimum Gasteiger partial charge on any atom is -0.465 e. The van der Waals surface area contributed by atoms with Crippen LogP contribution in [-0.2, 0) is 4.74 Å². The smallest absolute Gasteiger partial charge is 0.340 e. The molecule has 0 aromatic heterocycles. The number of benzene rings is 1. The monoisotopic (exact) mass is 282 g/mol. The Balaban J connectivity index is 2.58. The van der Waals surface area contributed by atoms with Crippen LogP contribution < -0.4 is 10.6 Å². The maximum atomic E-state index is 11.9. The highest BCUT2D eigenvalue weighted by atomic mass is 35.5. The molecule has 0 atom stereocenters. The summed E-state index contributed by atoms with van der Waals surface area (Å²) in [6.07, 6.45) is 2.14. The Labute approximate surface area is 118 Å². The second-order valence-electron chi connectivity index (χ2n) is 5.46. The van der Waals surface area contributed by atoms with Gasteiger partial charge in [0.25, 0.3) is 0 Å². The molecule has 2 N–H and O–H groups in total. The van der Waals surface area contributed by atoms with Crippen molar-refractivity contribution in [3.63, 3.8) is 0 Å². The summed E-state index contributed by atoms with van der Waals surface area (Å²) in [5.41, 5.74) is 7.38. The van der Waals surface area contributed by atoms with Crippen LogP contribution in [0.15, 0.2) is 12.1 Å². The lowest BCUT2D eigenvalue weighted by Crippen LogP contribution is -2.39. The molecule has 2 rings (SSSR count). The molecule has 0 unspecified atom stereocenters. The summed E-state index contributed by atoms with van der Waals surface area (Å²) in [6, 6.07) is 3.30. The zero-order chi connectivity index (χ0) is 14.2. The molecule has 0 radical (unpaired) electrons. The summed E-state index contributed by atoms with van der Waals surface area (Å²) in [4.78, 5) is 14.1. The van der Waals surface area contributed by atoms with Gasteiger partial charge in [0.05, 0.1) is 23.4 Å². The van der Waals surface area contributed by atoms with E-state index < -0.39 is 5.97 Å². The molecular weight excluding hydrogens is 264 g/mol. The normalized spacial score (nSPS) is 17.6. The van der Waals surface area contributed by atoms with Crippen LogP contribution in [0.3, 0.4) is 0 Å². The number of nitrogens with zero attached hydrogens (tertiary/aromatic N) is 1. The highest BCUT2D eigenvalue weighted by Gasteiger charge is 2.35. The maximum absolute atomic E-state index is 11.9. The van der Waals surface area contributed by atoms with Crippen molar-refractivity contribution < 1.29 is 9.53 Å². The maximum Gasteiger partial charge on any atom is 0.340 e. The fourth-order valence-electron chi connectivity index (χ4n) is 2.68. The number of hydrogen-bond acceptors (Lipinski definition) is 4. The quantitative estimate of drug-likeness (QED) is 0.669. The number of nitrogen functional groups attached to an aromatic ring is 1. The first-order valence-electron chi connectivity index (χ1n) is 6.32. The average molecular weight is 283 g/mol. The number of methoxy groups -OCH3 is 1. The summed E-state index contributed by atoms with van der Waals surface area (Å²) < 4.78 is 4.83. The number of carbonyl (C=O) groups is 1. The molecule has 1 aliphatic rings. The van der Waals surface area contributed by atoms with Gasteiger partial charge in [0.2, 0.25) is 0 Å². The second kappa shape index (κ2) is 4.93. The Kier molecular flexibility index (Phi) is 3.63. The van der Waals surface area contributed by atoms with Crippen molar-refractivity contribution in [1.82, 2.24) is 0 Å². The molecular formula is C14H19ClN2O2. The van der Waals surface area contributed by atoms with E-state index in [4.69, 9.17) is 22.1 Å². The molecule has 0 aliphatic carbocycles. The fourth-order valence-corrected chi connectivity index (χ4v) is 3.01. The van der Waals surface area contributed by atoms with Gasteiger partial charge in [-0.05, 0) is 38.8 Å². The van der Waals surface area contributed by atoms with E-state index in [0.29, 0.717) is 16.3 Å². The van der Waals surface area contributed by atoms with Crippen molar-refractivity contribution in [1.29, 1.82) is 0 Å². The molecule has 0 saturated carbocycles. The zero-order valence-electron chi connectivity index (χ0n) is 11.5. The van der Waals surface area contributed by atoms with Gasteiger partial charge in [-0.3, -0.25) is 0 Å². The number of rotatable bonds is 2. The molecule has 1 heterocycles. The minimum absolute atomic E-state index is 0.0253. The first-order chi connectivity index (χ1) is 8.86. The number of halogens is 1. The Morgan fingerprint density at radius 3 is 2.68 bits per heavy atom.